The molecule has 244 valence electrons. The van der Waals surface area contributed by atoms with E-state index in [9.17, 15) is 24.0 Å². The third kappa shape index (κ3) is 7.56. The molecule has 1 aromatic carbocycles. The molecule has 1 fully saturated rings. The van der Waals surface area contributed by atoms with Gasteiger partial charge in [0.15, 0.2) is 6.10 Å². The maximum absolute atomic E-state index is 13.3. The molecule has 4 aromatic rings. The van der Waals surface area contributed by atoms with Crippen LogP contribution in [0.4, 0.5) is 17.1 Å². The van der Waals surface area contributed by atoms with Crippen LogP contribution in [0.2, 0.25) is 0 Å². The summed E-state index contributed by atoms with van der Waals surface area (Å²) in [5.41, 5.74) is 9.91. The normalized spacial score (nSPS) is 13.4. The van der Waals surface area contributed by atoms with Gasteiger partial charge in [-0.3, -0.25) is 34.8 Å². The van der Waals surface area contributed by atoms with Gasteiger partial charge in [-0.2, -0.15) is 0 Å². The Kier molecular flexibility index (Phi) is 9.23. The first-order valence-corrected chi connectivity index (χ1v) is 14.5. The van der Waals surface area contributed by atoms with E-state index in [2.05, 4.69) is 21.4 Å². The Morgan fingerprint density at radius 1 is 0.851 bits per heavy atom. The fourth-order valence-corrected chi connectivity index (χ4v) is 4.73. The molecule has 1 saturated heterocycles. The molecule has 5 amide bonds. The number of carbonyl (C=O) groups is 5. The van der Waals surface area contributed by atoms with Gasteiger partial charge in [0, 0.05) is 58.3 Å². The average Bonchev–Trinajstić information content (AvgIpc) is 3.58. The minimum absolute atomic E-state index is 0.0383. The predicted molar refractivity (Wildman–Crippen MR) is 172 cm³/mol. The van der Waals surface area contributed by atoms with Crippen LogP contribution in [0.15, 0.2) is 67.1 Å². The molecule has 0 spiro atoms. The van der Waals surface area contributed by atoms with Crippen LogP contribution in [0, 0.1) is 5.41 Å². The quantitative estimate of drug-likeness (QED) is 0.0611. The highest BCUT2D eigenvalue weighted by Crippen LogP contribution is 2.23. The molecule has 5 rings (SSSR count). The second-order valence-corrected chi connectivity index (χ2v) is 10.9. The summed E-state index contributed by atoms with van der Waals surface area (Å²) in [5, 5.41) is 16.5. The summed E-state index contributed by atoms with van der Waals surface area (Å²) in [7, 11) is 4.92. The number of nitrogens with zero attached hydrogens (tertiary/aromatic N) is 4. The molecule has 1 aliphatic rings. The van der Waals surface area contributed by atoms with Gasteiger partial charge in [-0.15, -0.1) is 0 Å². The lowest BCUT2D eigenvalue weighted by atomic mass is 10.2. The van der Waals surface area contributed by atoms with Crippen LogP contribution in [0.25, 0.3) is 0 Å². The molecule has 1 unspecified atom stereocenters. The van der Waals surface area contributed by atoms with Crippen LogP contribution in [0.3, 0.4) is 0 Å². The number of rotatable bonds is 11. The van der Waals surface area contributed by atoms with Crippen molar-refractivity contribution in [3.63, 3.8) is 0 Å². The maximum atomic E-state index is 13.3. The van der Waals surface area contributed by atoms with Crippen LogP contribution >= 0.6 is 0 Å². The Labute approximate surface area is 268 Å². The fourth-order valence-electron chi connectivity index (χ4n) is 4.73. The van der Waals surface area contributed by atoms with Crippen LogP contribution < -0.4 is 32.1 Å². The van der Waals surface area contributed by atoms with Crippen molar-refractivity contribution < 1.29 is 28.7 Å². The maximum Gasteiger partial charge on any atom is 0.277 e. The zero-order chi connectivity index (χ0) is 33.8. The third-order valence-electron chi connectivity index (χ3n) is 7.22. The number of amides is 5. The Morgan fingerprint density at radius 3 is 1.94 bits per heavy atom. The Hall–Kier alpha value is -6.16. The summed E-state index contributed by atoms with van der Waals surface area (Å²) in [6.07, 6.45) is 4.26. The molecule has 0 aliphatic carbocycles. The minimum Gasteiger partial charge on any atom is -0.388 e. The van der Waals surface area contributed by atoms with Crippen molar-refractivity contribution in [2.75, 3.05) is 28.8 Å². The number of benzene rings is 1. The second-order valence-electron chi connectivity index (χ2n) is 10.9. The van der Waals surface area contributed by atoms with Gasteiger partial charge in [0.05, 0.1) is 29.5 Å². The summed E-state index contributed by atoms with van der Waals surface area (Å²) >= 11 is 0. The van der Waals surface area contributed by atoms with Crippen LogP contribution in [-0.4, -0.2) is 68.3 Å². The molecule has 16 heteroatoms. The molecular weight excluding hydrogens is 608 g/mol. The number of amidine groups is 1. The monoisotopic (exact) mass is 642 g/mol. The molecule has 16 nitrogen and oxygen atoms in total. The number of hydrogen-bond donors (Lipinski definition) is 6. The highest BCUT2D eigenvalue weighted by atomic mass is 16.6. The lowest BCUT2D eigenvalue weighted by Crippen LogP contribution is -2.48. The molecule has 0 saturated carbocycles. The molecule has 3 aromatic heterocycles. The van der Waals surface area contributed by atoms with E-state index in [0.717, 1.165) is 5.01 Å². The number of aryl methyl sites for hydroxylation is 3. The van der Waals surface area contributed by atoms with Crippen molar-refractivity contribution in [3.05, 3.63) is 89.8 Å². The van der Waals surface area contributed by atoms with E-state index in [-0.39, 0.29) is 48.4 Å². The second kappa shape index (κ2) is 13.5. The van der Waals surface area contributed by atoms with Crippen LogP contribution in [0.1, 0.15) is 48.2 Å². The zero-order valence-corrected chi connectivity index (χ0v) is 25.9. The summed E-state index contributed by atoms with van der Waals surface area (Å²) in [6, 6.07) is 12.9. The largest absolute Gasteiger partial charge is 0.388 e. The molecule has 4 heterocycles. The number of hydrazine groups is 1. The van der Waals surface area contributed by atoms with E-state index in [1.165, 1.54) is 33.5 Å². The standard InChI is InChI=1S/C31H34N10O6/c1-38-14-19(11-22(38)27(42)34-10-9-26(32)33)35-28(43)23-12-20(15-39(23)2)36-29(44)24-13-21(16-40(24)3)41(37-30(45)25-17-47-25)31(46)18-7-5-4-6-8-18/h4-8,11-16,25H,9-10,17H2,1-3H3,(H3,32,33)(H,34,42)(H,35,43)(H,36,44)(H,37,45). The average molecular weight is 643 g/mol. The molecule has 1 aliphatic heterocycles. The molecule has 1 atom stereocenters. The van der Waals surface area contributed by atoms with Crippen molar-refractivity contribution in [3.8, 4) is 0 Å². The van der Waals surface area contributed by atoms with Gasteiger partial charge in [-0.05, 0) is 30.3 Å². The van der Waals surface area contributed by atoms with E-state index < -0.39 is 29.7 Å². The number of anilines is 3. The zero-order valence-electron chi connectivity index (χ0n) is 25.9. The Morgan fingerprint density at radius 2 is 1.38 bits per heavy atom. The van der Waals surface area contributed by atoms with Gasteiger partial charge in [0.2, 0.25) is 0 Å². The SMILES string of the molecule is Cn1cc(NC(=O)c2cc(NC(=O)c3cc(N(NC(=O)C4CO4)C(=O)c4ccccc4)cn3C)cn2C)cc1C(=O)NCCC(=N)N. The number of aromatic nitrogens is 3. The minimum atomic E-state index is -0.649. The number of carbonyl (C=O) groups excluding carboxylic acids is 5. The lowest BCUT2D eigenvalue weighted by molar-refractivity contribution is -0.122. The fraction of sp³-hybridized carbons (Fsp3) is 0.226. The summed E-state index contributed by atoms with van der Waals surface area (Å²) < 4.78 is 9.65. The topological polar surface area (TPSA) is 214 Å². The van der Waals surface area contributed by atoms with E-state index in [1.54, 1.807) is 68.4 Å². The van der Waals surface area contributed by atoms with E-state index >= 15 is 0 Å². The van der Waals surface area contributed by atoms with Gasteiger partial charge in [-0.25, -0.2) is 5.01 Å². The van der Waals surface area contributed by atoms with Crippen molar-refractivity contribution in [2.45, 2.75) is 12.5 Å². The predicted octanol–water partition coefficient (Wildman–Crippen LogP) is 1.34. The van der Waals surface area contributed by atoms with Gasteiger partial charge < -0.3 is 40.1 Å². The van der Waals surface area contributed by atoms with E-state index in [4.69, 9.17) is 15.9 Å². The highest BCUT2D eigenvalue weighted by Gasteiger charge is 2.34. The number of nitrogens with two attached hydrogens (primary N) is 1. The smallest absolute Gasteiger partial charge is 0.277 e. The summed E-state index contributed by atoms with van der Waals surface area (Å²) in [6.45, 7) is 0.463. The molecule has 0 radical (unpaired) electrons. The van der Waals surface area contributed by atoms with Gasteiger partial charge in [0.25, 0.3) is 29.5 Å². The highest BCUT2D eigenvalue weighted by molar-refractivity contribution is 6.10. The number of nitrogens with one attached hydrogen (secondary N) is 5. The van der Waals surface area contributed by atoms with Gasteiger partial charge in [0.1, 0.15) is 17.1 Å². The van der Waals surface area contributed by atoms with Crippen molar-refractivity contribution in [1.29, 1.82) is 5.41 Å². The van der Waals surface area contributed by atoms with Gasteiger partial charge in [-0.1, -0.05) is 18.2 Å². The molecule has 7 N–H and O–H groups in total. The van der Waals surface area contributed by atoms with E-state index in [1.807, 2.05) is 0 Å². The van der Waals surface area contributed by atoms with Crippen LogP contribution in [0.5, 0.6) is 0 Å². The van der Waals surface area contributed by atoms with Crippen LogP contribution in [-0.2, 0) is 30.7 Å². The first kappa shape index (κ1) is 32.2. The Balaban J connectivity index is 1.27. The molecular formula is C31H34N10O6. The van der Waals surface area contributed by atoms with Gasteiger partial charge >= 0.3 is 0 Å². The number of hydrogen-bond acceptors (Lipinski definition) is 7. The van der Waals surface area contributed by atoms with Crippen molar-refractivity contribution >= 4 is 52.4 Å². The Bertz CT molecular complexity index is 1870. The number of epoxide rings is 1. The molecule has 47 heavy (non-hydrogen) atoms. The first-order valence-electron chi connectivity index (χ1n) is 14.5. The first-order chi connectivity index (χ1) is 22.4. The number of ether oxygens (including phenoxy) is 1. The van der Waals surface area contributed by atoms with Crippen molar-refractivity contribution in [1.82, 2.24) is 24.4 Å². The van der Waals surface area contributed by atoms with Crippen molar-refractivity contribution in [2.24, 2.45) is 26.9 Å². The lowest BCUT2D eigenvalue weighted by Gasteiger charge is -2.21. The third-order valence-corrected chi connectivity index (χ3v) is 7.22. The van der Waals surface area contributed by atoms with E-state index in [0.29, 0.717) is 22.6 Å². The summed E-state index contributed by atoms with van der Waals surface area (Å²) in [4.78, 5) is 64.8. The molecule has 0 bridgehead atoms. The summed E-state index contributed by atoms with van der Waals surface area (Å²) in [5.74, 6) is -2.41.